The van der Waals surface area contributed by atoms with Crippen LogP contribution in [-0.2, 0) is 0 Å². The van der Waals surface area contributed by atoms with E-state index in [4.69, 9.17) is 0 Å². The molecule has 1 fully saturated rings. The molecule has 1 spiro atoms. The summed E-state index contributed by atoms with van der Waals surface area (Å²) >= 11 is 0. The Morgan fingerprint density at radius 3 is 2.30 bits per heavy atom. The van der Waals surface area contributed by atoms with Crippen LogP contribution in [0.25, 0.3) is 0 Å². The second-order valence-corrected chi connectivity index (χ2v) is 3.74. The third kappa shape index (κ3) is 0.944. The van der Waals surface area contributed by atoms with Gasteiger partial charge in [-0.15, -0.1) is 11.8 Å². The highest BCUT2D eigenvalue weighted by Gasteiger charge is 2.33. The summed E-state index contributed by atoms with van der Waals surface area (Å²) in [6, 6.07) is 0. The molecule has 1 saturated carbocycles. The van der Waals surface area contributed by atoms with E-state index < -0.39 is 0 Å². The molecule has 0 aromatic heterocycles. The molecule has 0 saturated heterocycles. The predicted octanol–water partition coefficient (Wildman–Crippen LogP) is 2.73. The molecule has 0 atom stereocenters. The number of rotatable bonds is 0. The first-order chi connectivity index (χ1) is 4.91. The van der Waals surface area contributed by atoms with Gasteiger partial charge in [0.2, 0.25) is 0 Å². The van der Waals surface area contributed by atoms with Gasteiger partial charge in [0.25, 0.3) is 0 Å². The quantitative estimate of drug-likeness (QED) is 0.447. The van der Waals surface area contributed by atoms with Gasteiger partial charge in [0.15, 0.2) is 0 Å². The normalized spacial score (nSPS) is 28.0. The van der Waals surface area contributed by atoms with Crippen LogP contribution in [0.2, 0.25) is 0 Å². The van der Waals surface area contributed by atoms with Gasteiger partial charge < -0.3 is 0 Å². The van der Waals surface area contributed by atoms with Crippen LogP contribution in [0, 0.1) is 17.3 Å². The van der Waals surface area contributed by atoms with Gasteiger partial charge >= 0.3 is 0 Å². The lowest BCUT2D eigenvalue weighted by molar-refractivity contribution is 0.278. The summed E-state index contributed by atoms with van der Waals surface area (Å²) in [7, 11) is 0. The Labute approximate surface area is 63.0 Å². The van der Waals surface area contributed by atoms with E-state index in [0.717, 1.165) is 0 Å². The maximum atomic E-state index is 3.27. The minimum Gasteiger partial charge on any atom is -0.103 e. The Morgan fingerprint density at radius 1 is 0.900 bits per heavy atom. The molecule has 0 amide bonds. The van der Waals surface area contributed by atoms with Crippen molar-refractivity contribution in [3.05, 3.63) is 0 Å². The van der Waals surface area contributed by atoms with Gasteiger partial charge in [0, 0.05) is 12.8 Å². The van der Waals surface area contributed by atoms with E-state index in [0.29, 0.717) is 5.41 Å². The Kier molecular flexibility index (Phi) is 1.45. The van der Waals surface area contributed by atoms with Crippen LogP contribution in [0.4, 0.5) is 0 Å². The van der Waals surface area contributed by atoms with Crippen LogP contribution in [0.5, 0.6) is 0 Å². The summed E-state index contributed by atoms with van der Waals surface area (Å²) in [6.07, 6.45) is 9.60. The molecule has 54 valence electrons. The molecule has 0 aromatic rings. The van der Waals surface area contributed by atoms with E-state index in [1.54, 1.807) is 0 Å². The van der Waals surface area contributed by atoms with E-state index in [2.05, 4.69) is 11.8 Å². The summed E-state index contributed by atoms with van der Waals surface area (Å²) in [5.74, 6) is 6.45. The Morgan fingerprint density at radius 2 is 1.70 bits per heavy atom. The first-order valence-corrected chi connectivity index (χ1v) is 4.37. The van der Waals surface area contributed by atoms with Crippen molar-refractivity contribution in [1.29, 1.82) is 0 Å². The Balaban J connectivity index is 2.10. The van der Waals surface area contributed by atoms with Crippen LogP contribution in [0.15, 0.2) is 0 Å². The highest BCUT2D eigenvalue weighted by molar-refractivity contribution is 5.09. The average molecular weight is 134 g/mol. The van der Waals surface area contributed by atoms with Crippen molar-refractivity contribution >= 4 is 0 Å². The molecule has 0 heterocycles. The van der Waals surface area contributed by atoms with E-state index >= 15 is 0 Å². The lowest BCUT2D eigenvalue weighted by Gasteiger charge is -2.27. The van der Waals surface area contributed by atoms with Crippen LogP contribution in [0.1, 0.15) is 44.9 Å². The molecule has 2 aliphatic carbocycles. The van der Waals surface area contributed by atoms with Gasteiger partial charge in [0.1, 0.15) is 0 Å². The lowest BCUT2D eigenvalue weighted by Crippen LogP contribution is -2.17. The van der Waals surface area contributed by atoms with Crippen LogP contribution in [-0.4, -0.2) is 0 Å². The minimum atomic E-state index is 0.700. The maximum Gasteiger partial charge on any atom is 0.0146 e. The van der Waals surface area contributed by atoms with Crippen LogP contribution in [0.3, 0.4) is 0 Å². The van der Waals surface area contributed by atoms with E-state index in [1.807, 2.05) is 0 Å². The van der Waals surface area contributed by atoms with Crippen LogP contribution < -0.4 is 0 Å². The van der Waals surface area contributed by atoms with Gasteiger partial charge in [0.05, 0.1) is 0 Å². The third-order valence-corrected chi connectivity index (χ3v) is 3.03. The molecular formula is C10H14. The standard InChI is InChI=1S/C10H14/c1-2-6-10(7-3-1)8-4-5-9-10/h2,4-9H2. The van der Waals surface area contributed by atoms with E-state index in [9.17, 15) is 0 Å². The molecule has 2 aliphatic rings. The van der Waals surface area contributed by atoms with Crippen LogP contribution >= 0.6 is 0 Å². The lowest BCUT2D eigenvalue weighted by atomic mass is 9.77. The average Bonchev–Trinajstić information content (AvgIpc) is 2.39. The Hall–Kier alpha value is -0.440. The second-order valence-electron chi connectivity index (χ2n) is 3.74. The molecule has 0 N–H and O–H groups in total. The zero-order chi connectivity index (χ0) is 6.86. The molecule has 0 radical (unpaired) electrons. The van der Waals surface area contributed by atoms with Crippen molar-refractivity contribution in [3.63, 3.8) is 0 Å². The predicted molar refractivity (Wildman–Crippen MR) is 42.5 cm³/mol. The molecular weight excluding hydrogens is 120 g/mol. The van der Waals surface area contributed by atoms with Crippen molar-refractivity contribution in [3.8, 4) is 11.8 Å². The fourth-order valence-corrected chi connectivity index (χ4v) is 2.31. The highest BCUT2D eigenvalue weighted by Crippen LogP contribution is 2.45. The van der Waals surface area contributed by atoms with E-state index in [1.165, 1.54) is 44.9 Å². The summed E-state index contributed by atoms with van der Waals surface area (Å²) in [5, 5.41) is 0. The van der Waals surface area contributed by atoms with Crippen molar-refractivity contribution < 1.29 is 0 Å². The minimum absolute atomic E-state index is 0.700. The molecule has 2 rings (SSSR count). The summed E-state index contributed by atoms with van der Waals surface area (Å²) in [5.41, 5.74) is 0.700. The summed E-state index contributed by atoms with van der Waals surface area (Å²) in [6.45, 7) is 0. The molecule has 0 nitrogen and oxygen atoms in total. The van der Waals surface area contributed by atoms with Gasteiger partial charge in [-0.25, -0.2) is 0 Å². The topological polar surface area (TPSA) is 0 Å². The van der Waals surface area contributed by atoms with Crippen molar-refractivity contribution in [2.75, 3.05) is 0 Å². The zero-order valence-electron chi connectivity index (χ0n) is 6.45. The first kappa shape index (κ1) is 6.28. The monoisotopic (exact) mass is 134 g/mol. The van der Waals surface area contributed by atoms with E-state index in [-0.39, 0.29) is 0 Å². The SMILES string of the molecule is C1#CCC2(CC1)CCCC2. The third-order valence-electron chi connectivity index (χ3n) is 3.03. The molecule has 0 unspecified atom stereocenters. The van der Waals surface area contributed by atoms with Gasteiger partial charge in [-0.1, -0.05) is 12.8 Å². The molecule has 0 heteroatoms. The first-order valence-electron chi connectivity index (χ1n) is 4.37. The molecule has 0 aliphatic heterocycles. The number of hydrogen-bond acceptors (Lipinski definition) is 0. The molecule has 10 heavy (non-hydrogen) atoms. The van der Waals surface area contributed by atoms with Gasteiger partial charge in [-0.3, -0.25) is 0 Å². The summed E-state index contributed by atoms with van der Waals surface area (Å²) < 4.78 is 0. The fraction of sp³-hybridized carbons (Fsp3) is 0.800. The zero-order valence-corrected chi connectivity index (χ0v) is 6.45. The smallest absolute Gasteiger partial charge is 0.0146 e. The van der Waals surface area contributed by atoms with Gasteiger partial charge in [-0.05, 0) is 24.7 Å². The molecule has 0 aromatic carbocycles. The number of hydrogen-bond donors (Lipinski definition) is 0. The second kappa shape index (κ2) is 2.31. The fourth-order valence-electron chi connectivity index (χ4n) is 2.31. The highest BCUT2D eigenvalue weighted by atomic mass is 14.4. The molecule has 0 bridgehead atoms. The van der Waals surface area contributed by atoms with Crippen molar-refractivity contribution in [2.45, 2.75) is 44.9 Å². The van der Waals surface area contributed by atoms with Crippen molar-refractivity contribution in [2.24, 2.45) is 5.41 Å². The van der Waals surface area contributed by atoms with Crippen molar-refractivity contribution in [1.82, 2.24) is 0 Å². The largest absolute Gasteiger partial charge is 0.103 e. The maximum absolute atomic E-state index is 3.27. The Bertz CT molecular complexity index is 174. The summed E-state index contributed by atoms with van der Waals surface area (Å²) in [4.78, 5) is 0. The van der Waals surface area contributed by atoms with Gasteiger partial charge in [-0.2, -0.15) is 0 Å².